The fourth-order valence-corrected chi connectivity index (χ4v) is 2.94. The zero-order valence-corrected chi connectivity index (χ0v) is 8.63. The van der Waals surface area contributed by atoms with Crippen molar-refractivity contribution in [2.24, 2.45) is 0 Å². The molecule has 2 N–H and O–H groups in total. The normalized spacial score (nSPS) is 41.7. The van der Waals surface area contributed by atoms with Gasteiger partial charge in [0.15, 0.2) is 0 Å². The number of fused-ring (bicyclic) bond motifs is 2. The van der Waals surface area contributed by atoms with Gasteiger partial charge in [-0.05, 0) is 32.1 Å². The molecule has 2 nitrogen and oxygen atoms in total. The standard InChI is InChI=1S/C12H19NO/c1-2-3-7-12(14)8-10-5-4-6-11(9-12)13-10/h1,10-11,13-14H,3-9H2. The van der Waals surface area contributed by atoms with Gasteiger partial charge in [-0.1, -0.05) is 6.42 Å². The first-order valence-corrected chi connectivity index (χ1v) is 5.64. The number of hydrogen-bond donors (Lipinski definition) is 2. The Morgan fingerprint density at radius 2 is 2.00 bits per heavy atom. The molecule has 0 saturated carbocycles. The first-order valence-electron chi connectivity index (χ1n) is 5.64. The Bertz CT molecular complexity index is 231. The highest BCUT2D eigenvalue weighted by Crippen LogP contribution is 2.35. The van der Waals surface area contributed by atoms with E-state index in [0.717, 1.165) is 19.3 Å². The van der Waals surface area contributed by atoms with Crippen LogP contribution in [-0.2, 0) is 0 Å². The van der Waals surface area contributed by atoms with E-state index in [9.17, 15) is 5.11 Å². The molecule has 0 aromatic rings. The van der Waals surface area contributed by atoms with Gasteiger partial charge in [0, 0.05) is 18.5 Å². The van der Waals surface area contributed by atoms with Crippen molar-refractivity contribution in [1.29, 1.82) is 0 Å². The Morgan fingerprint density at radius 1 is 1.36 bits per heavy atom. The minimum absolute atomic E-state index is 0.479. The summed E-state index contributed by atoms with van der Waals surface area (Å²) >= 11 is 0. The van der Waals surface area contributed by atoms with E-state index in [4.69, 9.17) is 6.42 Å². The Kier molecular flexibility index (Phi) is 2.80. The summed E-state index contributed by atoms with van der Waals surface area (Å²) in [4.78, 5) is 0. The summed E-state index contributed by atoms with van der Waals surface area (Å²) in [7, 11) is 0. The molecule has 0 aliphatic carbocycles. The first-order chi connectivity index (χ1) is 6.72. The molecular formula is C12H19NO. The van der Waals surface area contributed by atoms with Gasteiger partial charge in [0.05, 0.1) is 5.60 Å². The summed E-state index contributed by atoms with van der Waals surface area (Å²) < 4.78 is 0. The molecule has 2 heterocycles. The molecule has 2 atom stereocenters. The molecule has 0 spiro atoms. The largest absolute Gasteiger partial charge is 0.390 e. The highest BCUT2D eigenvalue weighted by Gasteiger charge is 2.39. The Hall–Kier alpha value is -0.520. The van der Waals surface area contributed by atoms with Crippen molar-refractivity contribution < 1.29 is 5.11 Å². The minimum atomic E-state index is -0.479. The molecule has 2 aliphatic heterocycles. The van der Waals surface area contributed by atoms with Gasteiger partial charge in [0.25, 0.3) is 0 Å². The lowest BCUT2D eigenvalue weighted by Gasteiger charge is -2.45. The Morgan fingerprint density at radius 3 is 2.57 bits per heavy atom. The van der Waals surface area contributed by atoms with E-state index in [1.807, 2.05) is 0 Å². The monoisotopic (exact) mass is 193 g/mol. The third-order valence-corrected chi connectivity index (χ3v) is 3.56. The van der Waals surface area contributed by atoms with Crippen LogP contribution in [-0.4, -0.2) is 22.8 Å². The number of hydrogen-bond acceptors (Lipinski definition) is 2. The summed E-state index contributed by atoms with van der Waals surface area (Å²) in [5.41, 5.74) is -0.479. The van der Waals surface area contributed by atoms with Crippen LogP contribution in [0.25, 0.3) is 0 Å². The third-order valence-electron chi connectivity index (χ3n) is 3.56. The molecule has 2 rings (SSSR count). The van der Waals surface area contributed by atoms with Gasteiger partial charge < -0.3 is 10.4 Å². The number of aliphatic hydroxyl groups is 1. The molecule has 0 aromatic heterocycles. The first kappa shape index (κ1) is 10.0. The van der Waals surface area contributed by atoms with Crippen LogP contribution in [0.3, 0.4) is 0 Å². The number of piperidine rings is 2. The maximum atomic E-state index is 10.4. The lowest BCUT2D eigenvalue weighted by molar-refractivity contribution is -0.0359. The molecule has 14 heavy (non-hydrogen) atoms. The average Bonchev–Trinajstić information content (AvgIpc) is 2.14. The van der Waals surface area contributed by atoms with E-state index in [0.29, 0.717) is 18.5 Å². The highest BCUT2D eigenvalue weighted by molar-refractivity contribution is 4.99. The molecule has 0 aromatic carbocycles. The van der Waals surface area contributed by atoms with E-state index >= 15 is 0 Å². The Balaban J connectivity index is 1.97. The highest BCUT2D eigenvalue weighted by atomic mass is 16.3. The average molecular weight is 193 g/mol. The molecule has 2 unspecified atom stereocenters. The topological polar surface area (TPSA) is 32.3 Å². The van der Waals surface area contributed by atoms with Crippen LogP contribution in [0.5, 0.6) is 0 Å². The van der Waals surface area contributed by atoms with Gasteiger partial charge in [-0.3, -0.25) is 0 Å². The van der Waals surface area contributed by atoms with E-state index in [2.05, 4.69) is 11.2 Å². The van der Waals surface area contributed by atoms with Crippen molar-refractivity contribution in [1.82, 2.24) is 5.32 Å². The molecular weight excluding hydrogens is 174 g/mol. The van der Waals surface area contributed by atoms with Crippen LogP contribution in [0.4, 0.5) is 0 Å². The van der Waals surface area contributed by atoms with Crippen molar-refractivity contribution in [3.63, 3.8) is 0 Å². The van der Waals surface area contributed by atoms with E-state index in [1.54, 1.807) is 0 Å². The quantitative estimate of drug-likeness (QED) is 0.650. The molecule has 78 valence electrons. The van der Waals surface area contributed by atoms with Gasteiger partial charge in [-0.2, -0.15) is 0 Å². The van der Waals surface area contributed by atoms with Gasteiger partial charge in [-0.15, -0.1) is 12.3 Å². The van der Waals surface area contributed by atoms with Crippen molar-refractivity contribution in [2.75, 3.05) is 0 Å². The zero-order chi connectivity index (χ0) is 10.0. The lowest BCUT2D eigenvalue weighted by atomic mass is 9.75. The molecule has 0 amide bonds. The molecule has 2 bridgehead atoms. The summed E-state index contributed by atoms with van der Waals surface area (Å²) in [6, 6.07) is 1.07. The maximum Gasteiger partial charge on any atom is 0.0686 e. The second kappa shape index (κ2) is 3.92. The Labute approximate surface area is 86.1 Å². The lowest BCUT2D eigenvalue weighted by Crippen LogP contribution is -2.55. The van der Waals surface area contributed by atoms with Gasteiger partial charge >= 0.3 is 0 Å². The fraction of sp³-hybridized carbons (Fsp3) is 0.833. The molecule has 2 heteroatoms. The van der Waals surface area contributed by atoms with Gasteiger partial charge in [0.1, 0.15) is 0 Å². The van der Waals surface area contributed by atoms with Gasteiger partial charge in [-0.25, -0.2) is 0 Å². The minimum Gasteiger partial charge on any atom is -0.390 e. The SMILES string of the molecule is C#CCCC1(O)CC2CCCC(C1)N2. The molecule has 0 radical (unpaired) electrons. The van der Waals surface area contributed by atoms with E-state index < -0.39 is 5.60 Å². The van der Waals surface area contributed by atoms with Crippen LogP contribution >= 0.6 is 0 Å². The van der Waals surface area contributed by atoms with Crippen LogP contribution in [0.1, 0.15) is 44.9 Å². The van der Waals surface area contributed by atoms with Crippen LogP contribution in [0, 0.1) is 12.3 Å². The van der Waals surface area contributed by atoms with Crippen LogP contribution in [0.15, 0.2) is 0 Å². The van der Waals surface area contributed by atoms with Crippen molar-refractivity contribution >= 4 is 0 Å². The summed E-state index contributed by atoms with van der Waals surface area (Å²) in [6.07, 6.45) is 12.3. The number of nitrogens with one attached hydrogen (secondary N) is 1. The van der Waals surface area contributed by atoms with E-state index in [1.165, 1.54) is 19.3 Å². The fourth-order valence-electron chi connectivity index (χ4n) is 2.94. The summed E-state index contributed by atoms with van der Waals surface area (Å²) in [5.74, 6) is 2.63. The second-order valence-corrected chi connectivity index (χ2v) is 4.83. The second-order valence-electron chi connectivity index (χ2n) is 4.83. The summed E-state index contributed by atoms with van der Waals surface area (Å²) in [6.45, 7) is 0. The van der Waals surface area contributed by atoms with Crippen molar-refractivity contribution in [3.05, 3.63) is 0 Å². The van der Waals surface area contributed by atoms with Gasteiger partial charge in [0.2, 0.25) is 0 Å². The summed E-state index contributed by atoms with van der Waals surface area (Å²) in [5, 5.41) is 13.9. The number of terminal acetylenes is 1. The van der Waals surface area contributed by atoms with Crippen LogP contribution in [0.2, 0.25) is 0 Å². The smallest absolute Gasteiger partial charge is 0.0686 e. The van der Waals surface area contributed by atoms with Crippen LogP contribution < -0.4 is 5.32 Å². The zero-order valence-electron chi connectivity index (χ0n) is 8.63. The third kappa shape index (κ3) is 2.10. The van der Waals surface area contributed by atoms with E-state index in [-0.39, 0.29) is 0 Å². The molecule has 2 fully saturated rings. The molecule has 2 saturated heterocycles. The predicted octanol–water partition coefficient (Wildman–Crippen LogP) is 1.44. The number of rotatable bonds is 2. The maximum absolute atomic E-state index is 10.4. The predicted molar refractivity (Wildman–Crippen MR) is 56.8 cm³/mol. The molecule has 2 aliphatic rings. The van der Waals surface area contributed by atoms with Crippen molar-refractivity contribution in [2.45, 2.75) is 62.6 Å². The van der Waals surface area contributed by atoms with Crippen molar-refractivity contribution in [3.8, 4) is 12.3 Å².